The van der Waals surface area contributed by atoms with Crippen LogP contribution in [0.5, 0.6) is 0 Å². The summed E-state index contributed by atoms with van der Waals surface area (Å²) >= 11 is -1.24. The van der Waals surface area contributed by atoms with Crippen LogP contribution in [0.2, 0.25) is 0 Å². The molecule has 4 aromatic rings. The Kier molecular flexibility index (Phi) is 6.46. The molecule has 0 bridgehead atoms. The molecule has 33 heavy (non-hydrogen) atoms. The average Bonchev–Trinajstić information content (AvgIpc) is 3.41. The van der Waals surface area contributed by atoms with Crippen molar-refractivity contribution in [3.63, 3.8) is 0 Å². The summed E-state index contributed by atoms with van der Waals surface area (Å²) in [6, 6.07) is 40.3. The van der Waals surface area contributed by atoms with Crippen molar-refractivity contribution in [3.8, 4) is 0 Å². The molecule has 3 heteroatoms. The fraction of sp³-hybridized carbons (Fsp3) is 0.0667. The molecule has 6 rings (SSSR count). The monoisotopic (exact) mass is 510 g/mol. The Morgan fingerprint density at radius 1 is 0.424 bits per heavy atom. The Morgan fingerprint density at radius 3 is 1.21 bits per heavy atom. The number of hydrogen-bond donors (Lipinski definition) is 0. The SMILES string of the molecule is C1=C[C]([Zr+2][C]2(c3ccccc3)C=Cc3ccccc32)(c2ccccc2)c2ccccc21.[F-].[F-]. The minimum Gasteiger partial charge on any atom is -1.00 e. The molecular weight excluding hydrogens is 490 g/mol. The van der Waals surface area contributed by atoms with Crippen LogP contribution in [0.3, 0.4) is 0 Å². The molecule has 2 aliphatic rings. The quantitative estimate of drug-likeness (QED) is 0.384. The van der Waals surface area contributed by atoms with E-state index in [1.807, 2.05) is 0 Å². The van der Waals surface area contributed by atoms with E-state index in [0.29, 0.717) is 0 Å². The molecule has 0 amide bonds. The maximum atomic E-state index is 2.51. The summed E-state index contributed by atoms with van der Waals surface area (Å²) in [6.07, 6.45) is 9.73. The van der Waals surface area contributed by atoms with Gasteiger partial charge in [0.1, 0.15) is 0 Å². The van der Waals surface area contributed by atoms with Gasteiger partial charge in [0.25, 0.3) is 0 Å². The first-order chi connectivity index (χ1) is 15.3. The summed E-state index contributed by atoms with van der Waals surface area (Å²) in [5.41, 5.74) is 8.53. The first-order valence-electron chi connectivity index (χ1n) is 10.8. The van der Waals surface area contributed by atoms with E-state index in [-0.39, 0.29) is 15.7 Å². The summed E-state index contributed by atoms with van der Waals surface area (Å²) in [5.74, 6) is 0. The molecule has 160 valence electrons. The van der Waals surface area contributed by atoms with Crippen LogP contribution in [-0.2, 0) is 29.5 Å². The van der Waals surface area contributed by atoms with Gasteiger partial charge in [0.15, 0.2) is 0 Å². The predicted octanol–water partition coefficient (Wildman–Crippen LogP) is 1.02. The number of halogens is 2. The van der Waals surface area contributed by atoms with Crippen molar-refractivity contribution in [3.05, 3.63) is 155 Å². The maximum absolute atomic E-state index is 2.51. The second-order valence-corrected chi connectivity index (χ2v) is 12.8. The third-order valence-electron chi connectivity index (χ3n) is 6.65. The topological polar surface area (TPSA) is 0 Å². The number of allylic oxidation sites excluding steroid dienone is 2. The van der Waals surface area contributed by atoms with Gasteiger partial charge in [0.2, 0.25) is 0 Å². The van der Waals surface area contributed by atoms with E-state index in [0.717, 1.165) is 0 Å². The molecule has 0 aliphatic heterocycles. The first kappa shape index (κ1) is 23.3. The van der Waals surface area contributed by atoms with E-state index >= 15 is 0 Å². The van der Waals surface area contributed by atoms with Gasteiger partial charge in [-0.2, -0.15) is 0 Å². The Bertz CT molecular complexity index is 1210. The molecule has 0 N–H and O–H groups in total. The van der Waals surface area contributed by atoms with Crippen LogP contribution < -0.4 is 9.41 Å². The van der Waals surface area contributed by atoms with Gasteiger partial charge in [-0.05, 0) is 0 Å². The fourth-order valence-corrected chi connectivity index (χ4v) is 10.8. The van der Waals surface area contributed by atoms with E-state index in [2.05, 4.69) is 133 Å². The van der Waals surface area contributed by atoms with Gasteiger partial charge in [-0.1, -0.05) is 0 Å². The number of hydrogen-bond acceptors (Lipinski definition) is 0. The van der Waals surface area contributed by atoms with Crippen LogP contribution in [-0.4, -0.2) is 0 Å². The van der Waals surface area contributed by atoms with Crippen LogP contribution in [0.1, 0.15) is 33.4 Å². The third kappa shape index (κ3) is 3.60. The molecule has 4 aromatic carbocycles. The second-order valence-electron chi connectivity index (χ2n) is 8.31. The predicted molar refractivity (Wildman–Crippen MR) is 125 cm³/mol. The summed E-state index contributed by atoms with van der Waals surface area (Å²) < 4.78 is -0.0301. The van der Waals surface area contributed by atoms with Crippen LogP contribution in [0.15, 0.2) is 121 Å². The van der Waals surface area contributed by atoms with Crippen molar-refractivity contribution in [1.29, 1.82) is 0 Å². The van der Waals surface area contributed by atoms with Crippen LogP contribution in [0, 0.1) is 0 Å². The summed E-state index contributed by atoms with van der Waals surface area (Å²) in [4.78, 5) is 0. The molecule has 0 heterocycles. The Balaban J connectivity index is 0.00000130. The van der Waals surface area contributed by atoms with Crippen molar-refractivity contribution >= 4 is 12.2 Å². The fourth-order valence-electron chi connectivity index (χ4n) is 5.19. The van der Waals surface area contributed by atoms with Crippen LogP contribution in [0.25, 0.3) is 12.2 Å². The molecule has 0 saturated heterocycles. The van der Waals surface area contributed by atoms with E-state index in [4.69, 9.17) is 0 Å². The van der Waals surface area contributed by atoms with Crippen molar-refractivity contribution in [1.82, 2.24) is 0 Å². The zero-order valence-corrected chi connectivity index (χ0v) is 20.4. The van der Waals surface area contributed by atoms with Gasteiger partial charge in [-0.15, -0.1) is 0 Å². The molecule has 2 unspecified atom stereocenters. The minimum absolute atomic E-state index is 0. The second kappa shape index (κ2) is 9.16. The normalized spacial score (nSPS) is 21.3. The van der Waals surface area contributed by atoms with E-state index in [9.17, 15) is 0 Å². The standard InChI is InChI=1S/2C15H11.2FH.Zr/c2*1-2-6-12(7-3-1)15-11-10-13-8-4-5-9-14(13)15;;;/h2*1-11H;2*1H;/q;;;;+2/p-2. The molecule has 2 aliphatic carbocycles. The zero-order valence-electron chi connectivity index (χ0n) is 18.0. The molecule has 0 radical (unpaired) electrons. The van der Waals surface area contributed by atoms with E-state index in [1.165, 1.54) is 33.4 Å². The Morgan fingerprint density at radius 2 is 0.788 bits per heavy atom. The third-order valence-corrected chi connectivity index (χ3v) is 12.2. The minimum atomic E-state index is -1.24. The van der Waals surface area contributed by atoms with Crippen LogP contribution in [0.4, 0.5) is 0 Å². The van der Waals surface area contributed by atoms with Gasteiger partial charge < -0.3 is 9.41 Å². The molecule has 2 atom stereocenters. The van der Waals surface area contributed by atoms with Crippen molar-refractivity contribution < 1.29 is 32.6 Å². The summed E-state index contributed by atoms with van der Waals surface area (Å²) in [7, 11) is 0. The average molecular weight is 512 g/mol. The smallest absolute Gasteiger partial charge is 1.00 e. The molecule has 0 spiro atoms. The number of benzene rings is 4. The molecule has 0 aromatic heterocycles. The van der Waals surface area contributed by atoms with E-state index in [1.54, 1.807) is 0 Å². The van der Waals surface area contributed by atoms with Crippen molar-refractivity contribution in [2.24, 2.45) is 0 Å². The van der Waals surface area contributed by atoms with Gasteiger partial charge in [-0.3, -0.25) is 0 Å². The summed E-state index contributed by atoms with van der Waals surface area (Å²) in [5, 5.41) is 0. The first-order valence-corrected chi connectivity index (χ1v) is 13.3. The van der Waals surface area contributed by atoms with Crippen molar-refractivity contribution in [2.45, 2.75) is 6.25 Å². The maximum Gasteiger partial charge on any atom is -1.00 e. The molecule has 0 saturated carbocycles. The number of rotatable bonds is 4. The number of fused-ring (bicyclic) bond motifs is 2. The summed E-state index contributed by atoms with van der Waals surface area (Å²) in [6.45, 7) is 0. The van der Waals surface area contributed by atoms with Gasteiger partial charge in [0.05, 0.1) is 0 Å². The van der Waals surface area contributed by atoms with Crippen molar-refractivity contribution in [2.75, 3.05) is 0 Å². The van der Waals surface area contributed by atoms with Crippen LogP contribution >= 0.6 is 0 Å². The Labute approximate surface area is 205 Å². The van der Waals surface area contributed by atoms with Gasteiger partial charge >= 0.3 is 196 Å². The van der Waals surface area contributed by atoms with Gasteiger partial charge in [0, 0.05) is 0 Å². The Hall–Kier alpha value is -2.90. The zero-order chi connectivity index (χ0) is 20.7. The molecular formula is C30H22F2Zr. The van der Waals surface area contributed by atoms with Gasteiger partial charge in [-0.25, -0.2) is 0 Å². The van der Waals surface area contributed by atoms with E-state index < -0.39 is 23.2 Å². The molecule has 0 nitrogen and oxygen atoms in total. The largest absolute Gasteiger partial charge is 1.00 e. The molecule has 0 fully saturated rings.